The summed E-state index contributed by atoms with van der Waals surface area (Å²) in [4.78, 5) is 20.5. The van der Waals surface area contributed by atoms with Crippen LogP contribution in [0.3, 0.4) is 0 Å². The molecule has 0 amide bonds. The lowest BCUT2D eigenvalue weighted by Crippen LogP contribution is -2.33. The second-order valence-electron chi connectivity index (χ2n) is 2.46. The van der Waals surface area contributed by atoms with E-state index in [1.165, 1.54) is 21.6 Å². The topological polar surface area (TPSA) is 127 Å². The van der Waals surface area contributed by atoms with Crippen LogP contribution >= 0.6 is 35.1 Å². The van der Waals surface area contributed by atoms with Crippen molar-refractivity contribution >= 4 is 47.0 Å². The first-order valence-electron chi connectivity index (χ1n) is 3.66. The lowest BCUT2D eigenvalue weighted by molar-refractivity contribution is -0.138. The summed E-state index contributed by atoms with van der Waals surface area (Å²) in [6.45, 7) is 0. The van der Waals surface area contributed by atoms with Crippen LogP contribution in [0.4, 0.5) is 0 Å². The highest BCUT2D eigenvalue weighted by molar-refractivity contribution is 8.76. The first kappa shape index (κ1) is 17.3. The lowest BCUT2D eigenvalue weighted by Gasteiger charge is -2.07. The summed E-state index contributed by atoms with van der Waals surface area (Å²) in [6.07, 6.45) is 0. The Hall–Kier alpha value is -0.0900. The predicted octanol–water partition coefficient (Wildman–Crippen LogP) is -0.696. The zero-order valence-corrected chi connectivity index (χ0v) is 10.4. The predicted molar refractivity (Wildman–Crippen MR) is 66.5 cm³/mol. The molecule has 0 spiro atoms. The van der Waals surface area contributed by atoms with Crippen LogP contribution in [-0.4, -0.2) is 45.7 Å². The van der Waals surface area contributed by atoms with Gasteiger partial charge in [-0.1, -0.05) is 21.6 Å². The SMILES string of the molecule is N[C@@H](CSSC[C@H](N)C(=O)O)C(=O)O.S. The highest BCUT2D eigenvalue weighted by atomic mass is 33.1. The highest BCUT2D eigenvalue weighted by Gasteiger charge is 2.14. The molecule has 6 nitrogen and oxygen atoms in total. The van der Waals surface area contributed by atoms with Gasteiger partial charge in [0.25, 0.3) is 0 Å². The minimum atomic E-state index is -1.07. The zero-order valence-electron chi connectivity index (χ0n) is 7.75. The minimum Gasteiger partial charge on any atom is -0.480 e. The molecule has 2 atom stereocenters. The molecule has 0 aromatic carbocycles. The standard InChI is InChI=1S/C6H12N2O4S2.H2S/c7-3(5(9)10)1-13-14-2-4(8)6(11)12;/h3-4H,1-2,7-8H2,(H,9,10)(H,11,12);1H2/t3-,4-;/m0./s1. The lowest BCUT2D eigenvalue weighted by atomic mass is 10.4. The highest BCUT2D eigenvalue weighted by Crippen LogP contribution is 2.22. The molecule has 0 rings (SSSR count). The number of nitrogens with two attached hydrogens (primary N) is 2. The summed E-state index contributed by atoms with van der Waals surface area (Å²) in [6, 6.07) is -1.85. The van der Waals surface area contributed by atoms with Crippen molar-refractivity contribution in [2.75, 3.05) is 11.5 Å². The van der Waals surface area contributed by atoms with Gasteiger partial charge in [-0.15, -0.1) is 0 Å². The van der Waals surface area contributed by atoms with Gasteiger partial charge in [0, 0.05) is 11.5 Å². The van der Waals surface area contributed by atoms with Crippen molar-refractivity contribution in [2.45, 2.75) is 12.1 Å². The van der Waals surface area contributed by atoms with E-state index in [0.717, 1.165) is 0 Å². The Morgan fingerprint density at radius 3 is 1.47 bits per heavy atom. The molecular formula is C6H14N2O4S3. The van der Waals surface area contributed by atoms with E-state index in [2.05, 4.69) is 0 Å². The molecule has 0 aliphatic rings. The van der Waals surface area contributed by atoms with E-state index < -0.39 is 24.0 Å². The Morgan fingerprint density at radius 2 is 1.27 bits per heavy atom. The first-order valence-corrected chi connectivity index (χ1v) is 6.15. The van der Waals surface area contributed by atoms with Gasteiger partial charge in [-0.3, -0.25) is 9.59 Å². The summed E-state index contributed by atoms with van der Waals surface area (Å²) < 4.78 is 0. The first-order chi connectivity index (χ1) is 6.45. The number of aliphatic carboxylic acids is 2. The molecule has 90 valence electrons. The Balaban J connectivity index is 0. The molecule has 0 saturated carbocycles. The maximum atomic E-state index is 10.3. The third kappa shape index (κ3) is 8.88. The van der Waals surface area contributed by atoms with Crippen molar-refractivity contribution in [1.29, 1.82) is 0 Å². The maximum absolute atomic E-state index is 10.3. The quantitative estimate of drug-likeness (QED) is 0.355. The van der Waals surface area contributed by atoms with Crippen molar-refractivity contribution in [1.82, 2.24) is 0 Å². The molecule has 0 fully saturated rings. The van der Waals surface area contributed by atoms with Crippen molar-refractivity contribution < 1.29 is 19.8 Å². The van der Waals surface area contributed by atoms with Gasteiger partial charge in [0.2, 0.25) is 0 Å². The molecule has 9 heteroatoms. The van der Waals surface area contributed by atoms with Crippen molar-refractivity contribution in [3.8, 4) is 0 Å². The van der Waals surface area contributed by atoms with E-state index in [9.17, 15) is 9.59 Å². The fourth-order valence-electron chi connectivity index (χ4n) is 0.385. The summed E-state index contributed by atoms with van der Waals surface area (Å²) >= 11 is 0. The van der Waals surface area contributed by atoms with Gasteiger partial charge in [0.15, 0.2) is 0 Å². The number of carboxylic acid groups (broad SMARTS) is 2. The van der Waals surface area contributed by atoms with E-state index in [-0.39, 0.29) is 25.0 Å². The van der Waals surface area contributed by atoms with Crippen molar-refractivity contribution in [3.63, 3.8) is 0 Å². The summed E-state index contributed by atoms with van der Waals surface area (Å²) in [5.41, 5.74) is 10.4. The normalized spacial score (nSPS) is 13.7. The molecule has 0 aromatic heterocycles. The van der Waals surface area contributed by atoms with Gasteiger partial charge in [-0.05, 0) is 0 Å². The smallest absolute Gasteiger partial charge is 0.321 e. The molecule has 0 aliphatic heterocycles. The Morgan fingerprint density at radius 1 is 1.00 bits per heavy atom. The Kier molecular flexibility index (Phi) is 10.6. The molecular weight excluding hydrogens is 260 g/mol. The van der Waals surface area contributed by atoms with Gasteiger partial charge >= 0.3 is 11.9 Å². The number of carboxylic acids is 2. The maximum Gasteiger partial charge on any atom is 0.321 e. The number of carbonyl (C=O) groups is 2. The van der Waals surface area contributed by atoms with E-state index in [1.807, 2.05) is 0 Å². The van der Waals surface area contributed by atoms with Crippen LogP contribution in [0.15, 0.2) is 0 Å². The van der Waals surface area contributed by atoms with E-state index in [0.29, 0.717) is 0 Å². The summed E-state index contributed by atoms with van der Waals surface area (Å²) in [5, 5.41) is 16.8. The summed E-state index contributed by atoms with van der Waals surface area (Å²) in [5.74, 6) is -1.68. The average Bonchev–Trinajstić information content (AvgIpc) is 2.11. The largest absolute Gasteiger partial charge is 0.480 e. The van der Waals surface area contributed by atoms with Crippen LogP contribution in [0.2, 0.25) is 0 Å². The number of hydrogen-bond acceptors (Lipinski definition) is 6. The second-order valence-corrected chi connectivity index (χ2v) is 5.01. The van der Waals surface area contributed by atoms with Gasteiger partial charge in [-0.25, -0.2) is 0 Å². The fraction of sp³-hybridized carbons (Fsp3) is 0.667. The monoisotopic (exact) mass is 274 g/mol. The number of rotatable bonds is 7. The van der Waals surface area contributed by atoms with Gasteiger partial charge in [0.1, 0.15) is 12.1 Å². The molecule has 0 saturated heterocycles. The van der Waals surface area contributed by atoms with E-state index in [4.69, 9.17) is 21.7 Å². The second kappa shape index (κ2) is 9.16. The third-order valence-corrected chi connectivity index (χ3v) is 3.69. The molecule has 15 heavy (non-hydrogen) atoms. The average molecular weight is 274 g/mol. The molecule has 0 bridgehead atoms. The zero-order chi connectivity index (χ0) is 11.1. The van der Waals surface area contributed by atoms with Gasteiger partial charge in [-0.2, -0.15) is 13.5 Å². The van der Waals surface area contributed by atoms with Crippen LogP contribution in [0.1, 0.15) is 0 Å². The van der Waals surface area contributed by atoms with E-state index >= 15 is 0 Å². The number of hydrogen-bond donors (Lipinski definition) is 4. The fourth-order valence-corrected chi connectivity index (χ4v) is 2.61. The Bertz CT molecular complexity index is 195. The minimum absolute atomic E-state index is 0. The molecule has 0 heterocycles. The van der Waals surface area contributed by atoms with Crippen LogP contribution in [0.25, 0.3) is 0 Å². The molecule has 0 unspecified atom stereocenters. The molecule has 6 N–H and O–H groups in total. The van der Waals surface area contributed by atoms with Crippen LogP contribution in [0, 0.1) is 0 Å². The van der Waals surface area contributed by atoms with Gasteiger partial charge in [0.05, 0.1) is 0 Å². The molecule has 0 aliphatic carbocycles. The van der Waals surface area contributed by atoms with Crippen LogP contribution < -0.4 is 11.5 Å². The molecule has 0 radical (unpaired) electrons. The van der Waals surface area contributed by atoms with Crippen molar-refractivity contribution in [2.24, 2.45) is 11.5 Å². The summed E-state index contributed by atoms with van der Waals surface area (Å²) in [7, 11) is 2.41. The van der Waals surface area contributed by atoms with Crippen LogP contribution in [-0.2, 0) is 9.59 Å². The van der Waals surface area contributed by atoms with E-state index in [1.54, 1.807) is 0 Å². The Labute approximate surface area is 102 Å². The third-order valence-electron chi connectivity index (χ3n) is 1.21. The van der Waals surface area contributed by atoms with Crippen LogP contribution in [0.5, 0.6) is 0 Å². The van der Waals surface area contributed by atoms with Gasteiger partial charge < -0.3 is 21.7 Å². The molecule has 0 aromatic rings. The van der Waals surface area contributed by atoms with Crippen molar-refractivity contribution in [3.05, 3.63) is 0 Å².